The van der Waals surface area contributed by atoms with Crippen LogP contribution in [0, 0.1) is 0 Å². The minimum absolute atomic E-state index is 0.340. The maximum Gasteiger partial charge on any atom is 0.0141 e. The van der Waals surface area contributed by atoms with Gasteiger partial charge in [0.15, 0.2) is 0 Å². The summed E-state index contributed by atoms with van der Waals surface area (Å²) >= 11 is 0. The van der Waals surface area contributed by atoms with Crippen molar-refractivity contribution in [2.24, 2.45) is 0 Å². The van der Waals surface area contributed by atoms with Gasteiger partial charge in [-0.3, -0.25) is 0 Å². The van der Waals surface area contributed by atoms with E-state index in [1.165, 1.54) is 4.67 Å². The van der Waals surface area contributed by atoms with E-state index in [1.54, 1.807) is 0 Å². The van der Waals surface area contributed by atoms with Crippen molar-refractivity contribution in [1.82, 2.24) is 4.67 Å². The highest BCUT2D eigenvalue weighted by Gasteiger charge is 2.29. The molecule has 0 amide bonds. The molecule has 0 fully saturated rings. The van der Waals surface area contributed by atoms with Crippen LogP contribution in [0.25, 0.3) is 0 Å². The number of nitrogens with zero attached hydrogens (tertiary/aromatic N) is 1. The topological polar surface area (TPSA) is 49.4 Å². The second kappa shape index (κ2) is 3.59. The Bertz CT molecular complexity index is 132. The predicted octanol–water partition coefficient (Wildman–Crippen LogP) is 0.833. The Balaban J connectivity index is 4.70. The zero-order valence-corrected chi connectivity index (χ0v) is 9.61. The van der Waals surface area contributed by atoms with E-state index in [4.69, 9.17) is 0 Å². The minimum Gasteiger partial charge on any atom is -0.830 e. The van der Waals surface area contributed by atoms with Crippen molar-refractivity contribution in [3.8, 4) is 0 Å². The third kappa shape index (κ3) is 3.36. The van der Waals surface area contributed by atoms with Gasteiger partial charge in [-0.15, -0.1) is 0 Å². The van der Waals surface area contributed by atoms with Gasteiger partial charge in [-0.05, 0) is 41.5 Å². The Morgan fingerprint density at radius 3 is 1.08 bits per heavy atom. The Kier molecular flexibility index (Phi) is 3.68. The molecule has 0 spiro atoms. The van der Waals surface area contributed by atoms with Gasteiger partial charge in [0.2, 0.25) is 0 Å². The fraction of sp³-hybridized carbons (Fsp3) is 1.00. The summed E-state index contributed by atoms with van der Waals surface area (Å²) in [6.45, 7) is 11.4. The van der Waals surface area contributed by atoms with Crippen LogP contribution in [0.1, 0.15) is 41.5 Å². The summed E-state index contributed by atoms with van der Waals surface area (Å²) in [5.41, 5.74) is -0.680. The molecule has 0 aliphatic rings. The molecule has 0 aromatic carbocycles. The summed E-state index contributed by atoms with van der Waals surface area (Å²) in [6.07, 6.45) is 0. The summed E-state index contributed by atoms with van der Waals surface area (Å²) < 4.78 is 1.50. The molecule has 0 N–H and O–H groups in total. The molecule has 0 unspecified atom stereocenters. The summed E-state index contributed by atoms with van der Waals surface area (Å²) in [5, 5.41) is 0. The fourth-order valence-electron chi connectivity index (χ4n) is 1.50. The Morgan fingerprint density at radius 1 is 0.833 bits per heavy atom. The molecular formula is C8H18NO2P-2. The summed E-state index contributed by atoms with van der Waals surface area (Å²) in [7, 11) is -2.51. The third-order valence-electron chi connectivity index (χ3n) is 1.43. The number of hydrogen-bond acceptors (Lipinski definition) is 3. The first kappa shape index (κ1) is 12.3. The van der Waals surface area contributed by atoms with E-state index in [0.29, 0.717) is 0 Å². The van der Waals surface area contributed by atoms with Crippen molar-refractivity contribution in [2.45, 2.75) is 52.6 Å². The molecule has 0 radical (unpaired) electrons. The van der Waals surface area contributed by atoms with Crippen LogP contribution in [0.4, 0.5) is 0 Å². The molecule has 0 bridgehead atoms. The van der Waals surface area contributed by atoms with Gasteiger partial charge in [0.25, 0.3) is 0 Å². The first-order valence-electron chi connectivity index (χ1n) is 4.01. The minimum atomic E-state index is -2.51. The predicted molar refractivity (Wildman–Crippen MR) is 48.3 cm³/mol. The fourth-order valence-corrected chi connectivity index (χ4v) is 2.48. The highest BCUT2D eigenvalue weighted by atomic mass is 31.2. The highest BCUT2D eigenvalue weighted by molar-refractivity contribution is 7.39. The average Bonchev–Trinajstić information content (AvgIpc) is 1.49. The molecular weight excluding hydrogens is 173 g/mol. The molecule has 4 heteroatoms. The summed E-state index contributed by atoms with van der Waals surface area (Å²) in [4.78, 5) is 21.9. The van der Waals surface area contributed by atoms with E-state index in [-0.39, 0.29) is 11.1 Å². The standard InChI is InChI=1S/C8H18NO2P/c1-7(2,3)9(12(10)11)8(4,5)6/h1-6H3/q-2. The molecule has 0 aliphatic heterocycles. The van der Waals surface area contributed by atoms with Crippen molar-refractivity contribution in [3.05, 3.63) is 0 Å². The first-order chi connectivity index (χ1) is 5.07. The largest absolute Gasteiger partial charge is 0.830 e. The zero-order valence-electron chi connectivity index (χ0n) is 8.71. The molecule has 0 saturated heterocycles. The molecule has 0 atom stereocenters. The molecule has 0 aromatic heterocycles. The van der Waals surface area contributed by atoms with Crippen molar-refractivity contribution in [1.29, 1.82) is 0 Å². The van der Waals surface area contributed by atoms with E-state index < -0.39 is 8.53 Å². The lowest BCUT2D eigenvalue weighted by Crippen LogP contribution is -2.52. The summed E-state index contributed by atoms with van der Waals surface area (Å²) in [5.74, 6) is 0. The van der Waals surface area contributed by atoms with E-state index in [9.17, 15) is 9.79 Å². The van der Waals surface area contributed by atoms with Crippen molar-refractivity contribution in [3.63, 3.8) is 0 Å². The molecule has 3 nitrogen and oxygen atoms in total. The second-order valence-corrected chi connectivity index (χ2v) is 5.77. The van der Waals surface area contributed by atoms with Crippen LogP contribution in [0.15, 0.2) is 0 Å². The zero-order chi connectivity index (χ0) is 10.2. The molecule has 0 aliphatic carbocycles. The first-order valence-corrected chi connectivity index (χ1v) is 5.14. The number of rotatable bonds is 1. The van der Waals surface area contributed by atoms with Crippen LogP contribution in [-0.2, 0) is 0 Å². The van der Waals surface area contributed by atoms with Crippen molar-refractivity contribution >= 4 is 8.53 Å². The SMILES string of the molecule is CC(C)(C)N(P([O-])[O-])C(C)(C)C. The van der Waals surface area contributed by atoms with Gasteiger partial charge in [-0.25, -0.2) is 8.53 Å². The maximum absolute atomic E-state index is 11.0. The van der Waals surface area contributed by atoms with Gasteiger partial charge in [0.05, 0.1) is 0 Å². The van der Waals surface area contributed by atoms with Gasteiger partial charge in [-0.1, -0.05) is 0 Å². The number of hydrogen-bond donors (Lipinski definition) is 0. The van der Waals surface area contributed by atoms with Crippen LogP contribution in [0.3, 0.4) is 0 Å². The summed E-state index contributed by atoms with van der Waals surface area (Å²) in [6, 6.07) is 0. The smallest absolute Gasteiger partial charge is 0.0141 e. The average molecular weight is 191 g/mol. The lowest BCUT2D eigenvalue weighted by molar-refractivity contribution is -0.313. The van der Waals surface area contributed by atoms with Gasteiger partial charge in [0, 0.05) is 11.1 Å². The molecule has 0 aromatic rings. The second-order valence-electron chi connectivity index (χ2n) is 4.89. The maximum atomic E-state index is 11.0. The molecule has 0 rings (SSSR count). The molecule has 74 valence electrons. The highest BCUT2D eigenvalue weighted by Crippen LogP contribution is 2.38. The van der Waals surface area contributed by atoms with Gasteiger partial charge in [0.1, 0.15) is 0 Å². The van der Waals surface area contributed by atoms with Gasteiger partial charge >= 0.3 is 0 Å². The molecule has 0 heterocycles. The normalized spacial score (nSPS) is 14.5. The van der Waals surface area contributed by atoms with Crippen LogP contribution in [0.2, 0.25) is 0 Å². The van der Waals surface area contributed by atoms with Gasteiger partial charge < -0.3 is 14.5 Å². The monoisotopic (exact) mass is 191 g/mol. The Hall–Kier alpha value is 0.310. The van der Waals surface area contributed by atoms with Crippen LogP contribution in [-0.4, -0.2) is 15.7 Å². The molecule has 0 saturated carbocycles. The van der Waals surface area contributed by atoms with Gasteiger partial charge in [-0.2, -0.15) is 0 Å². The van der Waals surface area contributed by atoms with Crippen LogP contribution < -0.4 is 9.79 Å². The van der Waals surface area contributed by atoms with Crippen molar-refractivity contribution < 1.29 is 9.79 Å². The van der Waals surface area contributed by atoms with Crippen LogP contribution in [0.5, 0.6) is 0 Å². The quantitative estimate of drug-likeness (QED) is 0.577. The lowest BCUT2D eigenvalue weighted by Gasteiger charge is -2.57. The van der Waals surface area contributed by atoms with E-state index in [1.807, 2.05) is 41.5 Å². The van der Waals surface area contributed by atoms with Crippen LogP contribution >= 0.6 is 8.53 Å². The lowest BCUT2D eigenvalue weighted by atomic mass is 10.0. The Labute approximate surface area is 76.4 Å². The van der Waals surface area contributed by atoms with E-state index in [0.717, 1.165) is 0 Å². The Morgan fingerprint density at radius 2 is 1.08 bits per heavy atom. The van der Waals surface area contributed by atoms with E-state index in [2.05, 4.69) is 0 Å². The third-order valence-corrected chi connectivity index (χ3v) is 2.96. The van der Waals surface area contributed by atoms with E-state index >= 15 is 0 Å². The van der Waals surface area contributed by atoms with Crippen molar-refractivity contribution in [2.75, 3.05) is 0 Å². The molecule has 12 heavy (non-hydrogen) atoms.